The molecule has 1 atom stereocenters. The zero-order valence-corrected chi connectivity index (χ0v) is 8.08. The molecular weight excluding hydrogens is 206 g/mol. The first-order valence-corrected chi connectivity index (χ1v) is 4.70. The summed E-state index contributed by atoms with van der Waals surface area (Å²) in [4.78, 5) is 3.73. The molecule has 76 valence electrons. The molecule has 1 unspecified atom stereocenters. The lowest BCUT2D eigenvalue weighted by Gasteiger charge is -2.15. The van der Waals surface area contributed by atoms with Gasteiger partial charge >= 0.3 is 0 Å². The number of aromatic nitrogens is 1. The predicted octanol–water partition coefficient (Wildman–Crippen LogP) is 0.713. The Bertz CT molecular complexity index is 341. The van der Waals surface area contributed by atoms with Crippen LogP contribution in [-0.4, -0.2) is 16.2 Å². The largest absolute Gasteiger partial charge is 0.595 e. The third-order valence-electron chi connectivity index (χ3n) is 2.04. The highest BCUT2D eigenvalue weighted by atomic mass is 35.5. The van der Waals surface area contributed by atoms with Gasteiger partial charge in [0, 0.05) is 12.1 Å². The lowest BCUT2D eigenvalue weighted by molar-refractivity contribution is -0.991. The molecule has 14 heavy (non-hydrogen) atoms. The number of nitrogens with zero attached hydrogens (tertiary/aromatic N) is 1. The third-order valence-corrected chi connectivity index (χ3v) is 2.24. The second-order valence-electron chi connectivity index (χ2n) is 3.28. The molecule has 0 aliphatic heterocycles. The maximum Gasteiger partial charge on any atom is 0.205 e. The second-order valence-corrected chi connectivity index (χ2v) is 3.66. The van der Waals surface area contributed by atoms with Crippen molar-refractivity contribution in [3.63, 3.8) is 0 Å². The van der Waals surface area contributed by atoms with E-state index >= 15 is 0 Å². The van der Waals surface area contributed by atoms with Gasteiger partial charge in [0.1, 0.15) is 10.8 Å². The molecule has 1 saturated carbocycles. The maximum atomic E-state index is 10.8. The Morgan fingerprint density at radius 1 is 1.64 bits per heavy atom. The van der Waals surface area contributed by atoms with Crippen LogP contribution in [0.2, 0.25) is 5.15 Å². The second kappa shape index (κ2) is 3.70. The topological polar surface area (TPSA) is 72.7 Å². The summed E-state index contributed by atoms with van der Waals surface area (Å²) in [6.45, 7) is 0. The average molecular weight is 216 g/mol. The van der Waals surface area contributed by atoms with Crippen LogP contribution < -0.4 is 10.5 Å². The number of pyridine rings is 1. The van der Waals surface area contributed by atoms with Gasteiger partial charge in [0.15, 0.2) is 0 Å². The Balaban J connectivity index is 2.27. The normalized spacial score (nSPS) is 17.9. The van der Waals surface area contributed by atoms with Gasteiger partial charge in [0.05, 0.1) is 6.20 Å². The molecule has 0 aromatic carbocycles. The monoisotopic (exact) mass is 215 g/mol. The van der Waals surface area contributed by atoms with Crippen LogP contribution in [0.1, 0.15) is 12.8 Å². The van der Waals surface area contributed by atoms with Crippen molar-refractivity contribution < 1.29 is 10.4 Å². The zero-order valence-electron chi connectivity index (χ0n) is 7.33. The van der Waals surface area contributed by atoms with Crippen LogP contribution in [-0.2, 0) is 0 Å². The first-order chi connectivity index (χ1) is 6.66. The van der Waals surface area contributed by atoms with Gasteiger partial charge < -0.3 is 10.5 Å². The zero-order chi connectivity index (χ0) is 10.1. The molecule has 1 aliphatic rings. The van der Waals surface area contributed by atoms with Crippen molar-refractivity contribution in [1.82, 2.24) is 4.98 Å². The first kappa shape index (κ1) is 9.67. The molecule has 1 fully saturated rings. The molecule has 2 rings (SSSR count). The molecule has 6 heteroatoms. The summed E-state index contributed by atoms with van der Waals surface area (Å²) < 4.78 is 0. The Hall–Kier alpha value is -0.880. The van der Waals surface area contributed by atoms with Crippen LogP contribution >= 0.6 is 11.6 Å². The summed E-state index contributed by atoms with van der Waals surface area (Å²) in [5, 5.41) is 22.1. The fourth-order valence-corrected chi connectivity index (χ4v) is 1.33. The smallest absolute Gasteiger partial charge is 0.205 e. The van der Waals surface area contributed by atoms with Gasteiger partial charge in [-0.2, -0.15) is 5.23 Å². The molecule has 3 N–H and O–H groups in total. The van der Waals surface area contributed by atoms with Gasteiger partial charge in [-0.05, 0) is 12.8 Å². The van der Waals surface area contributed by atoms with E-state index in [2.05, 4.69) is 10.3 Å². The number of hydrogen-bond donors (Lipinski definition) is 3. The first-order valence-electron chi connectivity index (χ1n) is 4.32. The number of nitrogens with one attached hydrogen (secondary N) is 2. The van der Waals surface area contributed by atoms with Gasteiger partial charge in [-0.3, -0.25) is 0 Å². The highest BCUT2D eigenvalue weighted by molar-refractivity contribution is 6.29. The molecule has 5 nitrogen and oxygen atoms in total. The lowest BCUT2D eigenvalue weighted by Crippen LogP contribution is -2.99. The number of halogens is 1. The minimum atomic E-state index is -0.989. The maximum absolute atomic E-state index is 10.8. The van der Waals surface area contributed by atoms with E-state index < -0.39 is 5.23 Å². The Labute approximate surface area is 85.8 Å². The molecule has 1 aromatic heterocycles. The predicted molar refractivity (Wildman–Crippen MR) is 51.7 cm³/mol. The molecule has 0 saturated heterocycles. The number of quaternary nitrogens is 1. The summed E-state index contributed by atoms with van der Waals surface area (Å²) in [5.41, 5.74) is 0.723. The summed E-state index contributed by atoms with van der Waals surface area (Å²) in [6.07, 6.45) is 3.44. The van der Waals surface area contributed by atoms with Gasteiger partial charge in [-0.25, -0.2) is 10.2 Å². The molecule has 0 spiro atoms. The van der Waals surface area contributed by atoms with Crippen LogP contribution in [0.3, 0.4) is 0 Å². The Kier molecular flexibility index (Phi) is 2.56. The molecule has 0 radical (unpaired) electrons. The van der Waals surface area contributed by atoms with E-state index in [1.165, 1.54) is 6.20 Å². The van der Waals surface area contributed by atoms with E-state index in [4.69, 9.17) is 16.8 Å². The van der Waals surface area contributed by atoms with Crippen molar-refractivity contribution in [2.24, 2.45) is 0 Å². The summed E-state index contributed by atoms with van der Waals surface area (Å²) >= 11 is 5.68. The van der Waals surface area contributed by atoms with Crippen LogP contribution in [0, 0.1) is 5.21 Å². The number of rotatable bonds is 3. The molecule has 0 amide bonds. The van der Waals surface area contributed by atoms with Crippen molar-refractivity contribution >= 4 is 23.0 Å². The minimum absolute atomic E-state index is 0.168. The number of hydrogen-bond acceptors (Lipinski definition) is 4. The third kappa shape index (κ3) is 2.13. The molecular formula is C8H10ClN3O2. The fourth-order valence-electron chi connectivity index (χ4n) is 1.17. The van der Waals surface area contributed by atoms with Gasteiger partial charge in [-0.15, -0.1) is 0 Å². The molecule has 1 aromatic rings. The van der Waals surface area contributed by atoms with Crippen LogP contribution in [0.25, 0.3) is 0 Å². The van der Waals surface area contributed by atoms with Crippen LogP contribution in [0.4, 0.5) is 11.4 Å². The standard InChI is InChI=1S/C8H10ClN3O2/c9-8-3-6(11-5-1-2-5)7(4-10-8)12(13)14/h3-5,12-13H,1-2H2,(H,10,11). The molecule has 0 bridgehead atoms. The fraction of sp³-hybridized carbons (Fsp3) is 0.375. The minimum Gasteiger partial charge on any atom is -0.595 e. The Morgan fingerprint density at radius 3 is 2.93 bits per heavy atom. The van der Waals surface area contributed by atoms with Crippen LogP contribution in [0.5, 0.6) is 0 Å². The van der Waals surface area contributed by atoms with E-state index in [1.807, 2.05) is 0 Å². The van der Waals surface area contributed by atoms with Gasteiger partial charge in [0.25, 0.3) is 0 Å². The quantitative estimate of drug-likeness (QED) is 0.513. The van der Waals surface area contributed by atoms with E-state index in [0.29, 0.717) is 16.9 Å². The van der Waals surface area contributed by atoms with Gasteiger partial charge in [-0.1, -0.05) is 11.6 Å². The van der Waals surface area contributed by atoms with Crippen molar-refractivity contribution in [1.29, 1.82) is 0 Å². The molecule has 1 aliphatic carbocycles. The van der Waals surface area contributed by atoms with Gasteiger partial charge in [0.2, 0.25) is 5.69 Å². The number of anilines is 1. The van der Waals surface area contributed by atoms with Crippen molar-refractivity contribution in [2.45, 2.75) is 18.9 Å². The van der Waals surface area contributed by atoms with E-state index in [0.717, 1.165) is 12.8 Å². The van der Waals surface area contributed by atoms with Crippen LogP contribution in [0.15, 0.2) is 12.3 Å². The van der Waals surface area contributed by atoms with E-state index in [9.17, 15) is 5.21 Å². The highest BCUT2D eigenvalue weighted by Gasteiger charge is 2.23. The van der Waals surface area contributed by atoms with E-state index in [1.54, 1.807) is 6.07 Å². The summed E-state index contributed by atoms with van der Waals surface area (Å²) in [5.74, 6) is 0. The average Bonchev–Trinajstić information content (AvgIpc) is 2.87. The SMILES string of the molecule is [O-][NH+](O)c1cnc(Cl)cc1NC1CC1. The highest BCUT2D eigenvalue weighted by Crippen LogP contribution is 2.28. The van der Waals surface area contributed by atoms with Crippen molar-refractivity contribution in [3.8, 4) is 0 Å². The summed E-state index contributed by atoms with van der Waals surface area (Å²) in [6, 6.07) is 1.94. The van der Waals surface area contributed by atoms with Crippen molar-refractivity contribution in [3.05, 3.63) is 22.6 Å². The molecule has 1 heterocycles. The Morgan fingerprint density at radius 2 is 2.36 bits per heavy atom. The lowest BCUT2D eigenvalue weighted by atomic mass is 10.3. The van der Waals surface area contributed by atoms with Crippen molar-refractivity contribution in [2.75, 3.05) is 5.32 Å². The summed E-state index contributed by atoms with van der Waals surface area (Å²) in [7, 11) is 0. The van der Waals surface area contributed by atoms with E-state index in [-0.39, 0.29) is 5.69 Å².